The van der Waals surface area contributed by atoms with Crippen molar-refractivity contribution in [3.63, 3.8) is 0 Å². The summed E-state index contributed by atoms with van der Waals surface area (Å²) in [4.78, 5) is 6.60. The van der Waals surface area contributed by atoms with Gasteiger partial charge in [-0.15, -0.1) is 0 Å². The van der Waals surface area contributed by atoms with E-state index in [2.05, 4.69) is 9.97 Å². The Kier molecular flexibility index (Phi) is 1.62. The first-order chi connectivity index (χ1) is 3.93. The maximum Gasteiger partial charge on any atom is 0.108 e. The molecule has 2 nitrogen and oxygen atoms in total. The molecule has 0 aliphatic heterocycles. The van der Waals surface area contributed by atoms with E-state index in [-0.39, 0.29) is 6.67 Å². The molecule has 0 bridgehead atoms. The quantitative estimate of drug-likeness (QED) is 0.608. The predicted molar refractivity (Wildman–Crippen MR) is 28.3 cm³/mol. The Labute approximate surface area is 46.8 Å². The standard InChI is InChI=1S/C5H7FN2/c6-2-1-5-7-3-4-8-5/h3-4H,1-2H2,(H,7,8). The number of aryl methyl sites for hydroxylation is 1. The smallest absolute Gasteiger partial charge is 0.108 e. The Morgan fingerprint density at radius 2 is 2.62 bits per heavy atom. The van der Waals surface area contributed by atoms with Crippen LogP contribution in [0, 0.1) is 0 Å². The lowest BCUT2D eigenvalue weighted by molar-refractivity contribution is 0.489. The van der Waals surface area contributed by atoms with Crippen molar-refractivity contribution in [3.05, 3.63) is 18.2 Å². The number of imidazole rings is 1. The summed E-state index contributed by atoms with van der Waals surface area (Å²) in [6.45, 7) is -0.340. The Bertz CT molecular complexity index is 136. The van der Waals surface area contributed by atoms with Crippen molar-refractivity contribution in [1.82, 2.24) is 9.97 Å². The van der Waals surface area contributed by atoms with Gasteiger partial charge in [0, 0.05) is 18.8 Å². The number of H-pyrrole nitrogens is 1. The molecule has 1 N–H and O–H groups in total. The summed E-state index contributed by atoms with van der Waals surface area (Å²) in [5, 5.41) is 0. The van der Waals surface area contributed by atoms with Gasteiger partial charge in [-0.25, -0.2) is 4.98 Å². The number of rotatable bonds is 2. The zero-order chi connectivity index (χ0) is 5.82. The second-order valence-corrected chi connectivity index (χ2v) is 1.47. The highest BCUT2D eigenvalue weighted by atomic mass is 19.1. The SMILES string of the molecule is FCCc1ncc[nH]1. The second-order valence-electron chi connectivity index (χ2n) is 1.47. The highest BCUT2D eigenvalue weighted by Crippen LogP contribution is 1.88. The zero-order valence-corrected chi connectivity index (χ0v) is 4.39. The number of halogens is 1. The van der Waals surface area contributed by atoms with Crippen LogP contribution in [0.1, 0.15) is 5.82 Å². The molecule has 1 aromatic rings. The lowest BCUT2D eigenvalue weighted by Gasteiger charge is -1.83. The fourth-order valence-corrected chi connectivity index (χ4v) is 0.524. The summed E-state index contributed by atoms with van der Waals surface area (Å²) in [5.74, 6) is 0.715. The maximum atomic E-state index is 11.5. The highest BCUT2D eigenvalue weighted by Gasteiger charge is 1.89. The summed E-state index contributed by atoms with van der Waals surface area (Å²) < 4.78 is 11.5. The maximum absolute atomic E-state index is 11.5. The minimum Gasteiger partial charge on any atom is -0.349 e. The summed E-state index contributed by atoms with van der Waals surface area (Å²) in [5.41, 5.74) is 0. The summed E-state index contributed by atoms with van der Waals surface area (Å²) in [7, 11) is 0. The molecular weight excluding hydrogens is 107 g/mol. The summed E-state index contributed by atoms with van der Waals surface area (Å²) >= 11 is 0. The van der Waals surface area contributed by atoms with Gasteiger partial charge in [-0.2, -0.15) is 0 Å². The molecule has 1 rings (SSSR count). The van der Waals surface area contributed by atoms with Crippen LogP contribution in [-0.4, -0.2) is 16.6 Å². The van der Waals surface area contributed by atoms with Crippen molar-refractivity contribution in [3.8, 4) is 0 Å². The van der Waals surface area contributed by atoms with Crippen molar-refractivity contribution < 1.29 is 4.39 Å². The minimum absolute atomic E-state index is 0.340. The number of alkyl halides is 1. The third kappa shape index (κ3) is 1.05. The third-order valence-electron chi connectivity index (χ3n) is 0.886. The van der Waals surface area contributed by atoms with Crippen LogP contribution in [0.5, 0.6) is 0 Å². The largest absolute Gasteiger partial charge is 0.349 e. The Balaban J connectivity index is 2.50. The summed E-state index contributed by atoms with van der Waals surface area (Å²) in [6.07, 6.45) is 3.70. The molecule has 0 radical (unpaired) electrons. The van der Waals surface area contributed by atoms with Gasteiger partial charge >= 0.3 is 0 Å². The van der Waals surface area contributed by atoms with Crippen LogP contribution in [0.2, 0.25) is 0 Å². The molecule has 3 heteroatoms. The van der Waals surface area contributed by atoms with Crippen LogP contribution < -0.4 is 0 Å². The molecule has 0 fully saturated rings. The molecule has 0 spiro atoms. The molecule has 0 aliphatic carbocycles. The highest BCUT2D eigenvalue weighted by molar-refractivity contribution is 4.86. The van der Waals surface area contributed by atoms with E-state index in [4.69, 9.17) is 0 Å². The van der Waals surface area contributed by atoms with Gasteiger partial charge in [-0.05, 0) is 0 Å². The van der Waals surface area contributed by atoms with E-state index in [1.54, 1.807) is 12.4 Å². The average molecular weight is 114 g/mol. The van der Waals surface area contributed by atoms with Crippen molar-refractivity contribution in [1.29, 1.82) is 0 Å². The van der Waals surface area contributed by atoms with E-state index in [1.165, 1.54) is 0 Å². The third-order valence-corrected chi connectivity index (χ3v) is 0.886. The van der Waals surface area contributed by atoms with Crippen LogP contribution in [0.4, 0.5) is 4.39 Å². The molecule has 0 saturated carbocycles. The van der Waals surface area contributed by atoms with E-state index in [0.29, 0.717) is 12.2 Å². The van der Waals surface area contributed by atoms with Crippen molar-refractivity contribution in [2.45, 2.75) is 6.42 Å². The number of hydrogen-bond donors (Lipinski definition) is 1. The van der Waals surface area contributed by atoms with Gasteiger partial charge < -0.3 is 4.98 Å². The molecule has 44 valence electrons. The van der Waals surface area contributed by atoms with Crippen LogP contribution in [0.15, 0.2) is 12.4 Å². The monoisotopic (exact) mass is 114 g/mol. The molecule has 1 heterocycles. The van der Waals surface area contributed by atoms with Gasteiger partial charge in [0.2, 0.25) is 0 Å². The first-order valence-electron chi connectivity index (χ1n) is 2.47. The van der Waals surface area contributed by atoms with Gasteiger partial charge in [-0.1, -0.05) is 0 Å². The topological polar surface area (TPSA) is 28.7 Å². The first kappa shape index (κ1) is 5.28. The van der Waals surface area contributed by atoms with Gasteiger partial charge in [0.25, 0.3) is 0 Å². The molecular formula is C5H7FN2. The van der Waals surface area contributed by atoms with E-state index in [1.807, 2.05) is 0 Å². The number of nitrogens with zero attached hydrogens (tertiary/aromatic N) is 1. The van der Waals surface area contributed by atoms with Crippen molar-refractivity contribution in [2.24, 2.45) is 0 Å². The molecule has 0 aliphatic rings. The van der Waals surface area contributed by atoms with Crippen LogP contribution in [-0.2, 0) is 6.42 Å². The van der Waals surface area contributed by atoms with Crippen molar-refractivity contribution >= 4 is 0 Å². The van der Waals surface area contributed by atoms with E-state index < -0.39 is 0 Å². The molecule has 0 saturated heterocycles. The molecule has 0 atom stereocenters. The van der Waals surface area contributed by atoms with Gasteiger partial charge in [0.15, 0.2) is 0 Å². The predicted octanol–water partition coefficient (Wildman–Crippen LogP) is 0.922. The Hall–Kier alpha value is -0.860. The van der Waals surface area contributed by atoms with Crippen LogP contribution >= 0.6 is 0 Å². The Morgan fingerprint density at radius 1 is 1.75 bits per heavy atom. The minimum atomic E-state index is -0.340. The first-order valence-corrected chi connectivity index (χ1v) is 2.47. The lowest BCUT2D eigenvalue weighted by Crippen LogP contribution is -1.87. The number of aromatic nitrogens is 2. The van der Waals surface area contributed by atoms with Crippen LogP contribution in [0.25, 0.3) is 0 Å². The zero-order valence-electron chi connectivity index (χ0n) is 4.39. The number of hydrogen-bond acceptors (Lipinski definition) is 1. The lowest BCUT2D eigenvalue weighted by atomic mass is 10.5. The van der Waals surface area contributed by atoms with Crippen LogP contribution in [0.3, 0.4) is 0 Å². The molecule has 8 heavy (non-hydrogen) atoms. The Morgan fingerprint density at radius 3 is 3.12 bits per heavy atom. The van der Waals surface area contributed by atoms with Gasteiger partial charge in [0.05, 0.1) is 6.67 Å². The van der Waals surface area contributed by atoms with E-state index >= 15 is 0 Å². The molecule has 0 amide bonds. The molecule has 0 unspecified atom stereocenters. The van der Waals surface area contributed by atoms with Gasteiger partial charge in [0.1, 0.15) is 5.82 Å². The van der Waals surface area contributed by atoms with Crippen molar-refractivity contribution in [2.75, 3.05) is 6.67 Å². The molecule has 0 aromatic carbocycles. The van der Waals surface area contributed by atoms with Gasteiger partial charge in [-0.3, -0.25) is 4.39 Å². The number of nitrogens with one attached hydrogen (secondary N) is 1. The van der Waals surface area contributed by atoms with E-state index in [9.17, 15) is 4.39 Å². The average Bonchev–Trinajstić information content (AvgIpc) is 2.19. The fourth-order valence-electron chi connectivity index (χ4n) is 0.524. The molecule has 1 aromatic heterocycles. The normalized spacial score (nSPS) is 9.62. The summed E-state index contributed by atoms with van der Waals surface area (Å²) in [6, 6.07) is 0. The second kappa shape index (κ2) is 2.45. The van der Waals surface area contributed by atoms with E-state index in [0.717, 1.165) is 0 Å². The number of aromatic amines is 1. The fraction of sp³-hybridized carbons (Fsp3) is 0.400.